The van der Waals surface area contributed by atoms with Crippen LogP contribution in [0.4, 0.5) is 5.69 Å². The molecule has 3 aromatic rings. The maximum absolute atomic E-state index is 12.4. The van der Waals surface area contributed by atoms with Gasteiger partial charge in [-0.3, -0.25) is 9.69 Å². The molecule has 5 nitrogen and oxygen atoms in total. The van der Waals surface area contributed by atoms with Gasteiger partial charge < -0.3 is 15.4 Å². The third-order valence-corrected chi connectivity index (χ3v) is 9.41. The van der Waals surface area contributed by atoms with E-state index >= 15 is 0 Å². The Morgan fingerprint density at radius 2 is 1.76 bits per heavy atom. The molecule has 1 aliphatic carbocycles. The normalized spacial score (nSPS) is 20.2. The van der Waals surface area contributed by atoms with E-state index in [1.807, 2.05) is 11.0 Å². The Kier molecular flexibility index (Phi) is 7.89. The number of ether oxygens (including phenoxy) is 1. The molecule has 0 unspecified atom stereocenters. The highest BCUT2D eigenvalue weighted by atomic mass is 16.5. The highest BCUT2D eigenvalue weighted by Gasteiger charge is 2.34. The van der Waals surface area contributed by atoms with Crippen LogP contribution in [0.3, 0.4) is 0 Å². The standard InChI is InChI=1S/C37H45N3O2/c1-5-18-39-19-17-33(24-39)42-32-14-11-26(12-15-32)36-34(8-6-7-27-21-31(38)13-16-35(27)36)28-9-10-29-23-40(25(2)41)37(3,4)22-30(29)20-28/h9-16,20-21,33H,5-8,17-19,22-24,38H2,1-4H3/t33-/m0/s1. The van der Waals surface area contributed by atoms with Crippen LogP contribution < -0.4 is 10.5 Å². The molecule has 0 spiro atoms. The molecule has 0 radical (unpaired) electrons. The minimum atomic E-state index is -0.203. The molecule has 5 heteroatoms. The number of anilines is 1. The van der Waals surface area contributed by atoms with E-state index in [9.17, 15) is 4.79 Å². The lowest BCUT2D eigenvalue weighted by Gasteiger charge is -2.43. The lowest BCUT2D eigenvalue weighted by Crippen LogP contribution is -2.50. The van der Waals surface area contributed by atoms with E-state index in [1.165, 1.54) is 50.9 Å². The van der Waals surface area contributed by atoms with Crippen molar-refractivity contribution in [2.45, 2.75) is 84.4 Å². The number of carbonyl (C=O) groups excluding carboxylic acids is 1. The molecule has 42 heavy (non-hydrogen) atoms. The van der Waals surface area contributed by atoms with Crippen LogP contribution in [0, 0.1) is 0 Å². The zero-order valence-electron chi connectivity index (χ0n) is 25.7. The molecule has 2 heterocycles. The number of aryl methyl sites for hydroxylation is 1. The number of carbonyl (C=O) groups is 1. The zero-order chi connectivity index (χ0) is 29.4. The molecule has 3 aromatic carbocycles. The quantitative estimate of drug-likeness (QED) is 0.325. The van der Waals surface area contributed by atoms with Crippen molar-refractivity contribution in [1.82, 2.24) is 9.80 Å². The smallest absolute Gasteiger partial charge is 0.220 e. The Balaban J connectivity index is 1.38. The van der Waals surface area contributed by atoms with Gasteiger partial charge in [-0.25, -0.2) is 0 Å². The third kappa shape index (κ3) is 5.72. The number of nitrogens with two attached hydrogens (primary N) is 1. The van der Waals surface area contributed by atoms with Crippen LogP contribution in [-0.4, -0.2) is 47.0 Å². The van der Waals surface area contributed by atoms with Crippen molar-refractivity contribution in [3.8, 4) is 5.75 Å². The molecule has 2 N–H and O–H groups in total. The highest BCUT2D eigenvalue weighted by molar-refractivity contribution is 6.00. The lowest BCUT2D eigenvalue weighted by molar-refractivity contribution is -0.135. The third-order valence-electron chi connectivity index (χ3n) is 9.41. The maximum atomic E-state index is 12.4. The molecular formula is C37H45N3O2. The summed E-state index contributed by atoms with van der Waals surface area (Å²) < 4.78 is 6.42. The van der Waals surface area contributed by atoms with E-state index in [1.54, 1.807) is 6.92 Å². The number of nitrogen functional groups attached to an aromatic ring is 1. The van der Waals surface area contributed by atoms with Crippen molar-refractivity contribution in [1.29, 1.82) is 0 Å². The van der Waals surface area contributed by atoms with Gasteiger partial charge in [0, 0.05) is 37.8 Å². The number of likely N-dealkylation sites (tertiary alicyclic amines) is 1. The molecule has 0 bridgehead atoms. The molecule has 3 aliphatic rings. The second-order valence-corrected chi connectivity index (χ2v) is 13.1. The van der Waals surface area contributed by atoms with E-state index < -0.39 is 0 Å². The lowest BCUT2D eigenvalue weighted by atomic mass is 9.82. The molecule has 6 rings (SSSR count). The van der Waals surface area contributed by atoms with Gasteiger partial charge in [0.05, 0.1) is 0 Å². The SMILES string of the molecule is CCCN1CC[C@H](Oc2ccc(C3=C(c4ccc5c(c4)CC(C)(C)N(C(C)=O)C5)CCCc4cc(N)ccc43)cc2)C1. The first kappa shape index (κ1) is 28.5. The van der Waals surface area contributed by atoms with Gasteiger partial charge in [0.1, 0.15) is 11.9 Å². The Morgan fingerprint density at radius 3 is 2.52 bits per heavy atom. The number of rotatable bonds is 6. The molecule has 1 atom stereocenters. The number of benzene rings is 3. The minimum Gasteiger partial charge on any atom is -0.489 e. The Bertz CT molecular complexity index is 1500. The van der Waals surface area contributed by atoms with Gasteiger partial charge in [0.15, 0.2) is 0 Å². The Labute approximate surface area is 251 Å². The van der Waals surface area contributed by atoms with Gasteiger partial charge in [0.25, 0.3) is 0 Å². The van der Waals surface area contributed by atoms with Crippen molar-refractivity contribution in [3.05, 3.63) is 94.0 Å². The number of allylic oxidation sites excluding steroid dienone is 1. The number of hydrogen-bond donors (Lipinski definition) is 1. The fraction of sp³-hybridized carbons (Fsp3) is 0.432. The fourth-order valence-electron chi connectivity index (χ4n) is 7.35. The average Bonchev–Trinajstić information content (AvgIpc) is 3.30. The van der Waals surface area contributed by atoms with Gasteiger partial charge in [0.2, 0.25) is 5.91 Å². The molecule has 0 aromatic heterocycles. The predicted molar refractivity (Wildman–Crippen MR) is 172 cm³/mol. The summed E-state index contributed by atoms with van der Waals surface area (Å²) in [5.74, 6) is 1.08. The average molecular weight is 564 g/mol. The topological polar surface area (TPSA) is 58.8 Å². The van der Waals surface area contributed by atoms with Crippen molar-refractivity contribution in [2.24, 2.45) is 0 Å². The molecule has 2 aliphatic heterocycles. The summed E-state index contributed by atoms with van der Waals surface area (Å²) >= 11 is 0. The summed E-state index contributed by atoms with van der Waals surface area (Å²) in [7, 11) is 0. The van der Waals surface area contributed by atoms with Gasteiger partial charge in [-0.15, -0.1) is 0 Å². The van der Waals surface area contributed by atoms with E-state index in [0.717, 1.165) is 63.2 Å². The second kappa shape index (κ2) is 11.6. The van der Waals surface area contributed by atoms with Crippen LogP contribution in [0.25, 0.3) is 11.1 Å². The van der Waals surface area contributed by atoms with Crippen LogP contribution in [0.15, 0.2) is 60.7 Å². The van der Waals surface area contributed by atoms with Gasteiger partial charge in [-0.2, -0.15) is 0 Å². The summed E-state index contributed by atoms with van der Waals surface area (Å²) in [4.78, 5) is 16.9. The van der Waals surface area contributed by atoms with Crippen LogP contribution in [0.1, 0.15) is 86.8 Å². The molecule has 1 amide bonds. The molecule has 220 valence electrons. The van der Waals surface area contributed by atoms with Crippen LogP contribution in [-0.2, 0) is 24.2 Å². The van der Waals surface area contributed by atoms with Gasteiger partial charge in [-0.1, -0.05) is 43.3 Å². The monoisotopic (exact) mass is 563 g/mol. The second-order valence-electron chi connectivity index (χ2n) is 13.1. The summed E-state index contributed by atoms with van der Waals surface area (Å²) in [5, 5.41) is 0. The zero-order valence-corrected chi connectivity index (χ0v) is 25.7. The highest BCUT2D eigenvalue weighted by Crippen LogP contribution is 2.42. The first-order valence-electron chi connectivity index (χ1n) is 15.7. The van der Waals surface area contributed by atoms with E-state index in [4.69, 9.17) is 10.5 Å². The molecule has 1 saturated heterocycles. The van der Waals surface area contributed by atoms with Crippen molar-refractivity contribution >= 4 is 22.7 Å². The van der Waals surface area contributed by atoms with Gasteiger partial charge >= 0.3 is 0 Å². The number of nitrogens with zero attached hydrogens (tertiary/aromatic N) is 2. The number of fused-ring (bicyclic) bond motifs is 2. The predicted octanol–water partition coefficient (Wildman–Crippen LogP) is 7.11. The van der Waals surface area contributed by atoms with Crippen LogP contribution in [0.5, 0.6) is 5.75 Å². The van der Waals surface area contributed by atoms with Gasteiger partial charge in [-0.05, 0) is 128 Å². The summed E-state index contributed by atoms with van der Waals surface area (Å²) in [6, 6.07) is 22.1. The largest absolute Gasteiger partial charge is 0.489 e. The summed E-state index contributed by atoms with van der Waals surface area (Å²) in [6.07, 6.45) is 6.48. The molecular weight excluding hydrogens is 518 g/mol. The summed E-state index contributed by atoms with van der Waals surface area (Å²) in [5.41, 5.74) is 17.2. The van der Waals surface area contributed by atoms with E-state index in [0.29, 0.717) is 6.54 Å². The molecule has 0 saturated carbocycles. The Hall–Kier alpha value is -3.57. The van der Waals surface area contributed by atoms with Crippen molar-refractivity contribution < 1.29 is 9.53 Å². The van der Waals surface area contributed by atoms with Crippen LogP contribution in [0.2, 0.25) is 0 Å². The Morgan fingerprint density at radius 1 is 0.976 bits per heavy atom. The van der Waals surface area contributed by atoms with Crippen LogP contribution >= 0.6 is 0 Å². The van der Waals surface area contributed by atoms with Crippen molar-refractivity contribution in [2.75, 3.05) is 25.4 Å². The first-order valence-corrected chi connectivity index (χ1v) is 15.7. The van der Waals surface area contributed by atoms with Crippen molar-refractivity contribution in [3.63, 3.8) is 0 Å². The number of hydrogen-bond acceptors (Lipinski definition) is 4. The fourth-order valence-corrected chi connectivity index (χ4v) is 7.35. The summed E-state index contributed by atoms with van der Waals surface area (Å²) in [6.45, 7) is 12.2. The minimum absolute atomic E-state index is 0.137. The maximum Gasteiger partial charge on any atom is 0.220 e. The number of amides is 1. The first-order chi connectivity index (χ1) is 20.2. The van der Waals surface area contributed by atoms with E-state index in [2.05, 4.69) is 80.3 Å². The molecule has 1 fully saturated rings. The van der Waals surface area contributed by atoms with E-state index in [-0.39, 0.29) is 17.6 Å².